The van der Waals surface area contributed by atoms with E-state index in [0.29, 0.717) is 18.6 Å². The Morgan fingerprint density at radius 2 is 1.67 bits per heavy atom. The number of unbranched alkanes of at least 4 members (excludes halogenated alkanes) is 2. The van der Waals surface area contributed by atoms with E-state index < -0.39 is 5.97 Å². The molecule has 0 N–H and O–H groups in total. The molecule has 0 rings (SSSR count). The van der Waals surface area contributed by atoms with Gasteiger partial charge < -0.3 is 14.2 Å². The summed E-state index contributed by atoms with van der Waals surface area (Å²) in [7, 11) is 1.65. The van der Waals surface area contributed by atoms with Crippen LogP contribution in [0.25, 0.3) is 0 Å². The van der Waals surface area contributed by atoms with Crippen LogP contribution >= 0.6 is 0 Å². The van der Waals surface area contributed by atoms with Crippen molar-refractivity contribution in [2.45, 2.75) is 32.6 Å². The minimum atomic E-state index is -0.467. The number of carbonyl (C=O) groups excluding carboxylic acids is 2. The lowest BCUT2D eigenvalue weighted by atomic mass is 10.2. The molecule has 0 amide bonds. The van der Waals surface area contributed by atoms with Gasteiger partial charge in [-0.05, 0) is 19.8 Å². The molecule has 18 heavy (non-hydrogen) atoms. The number of esters is 2. The van der Waals surface area contributed by atoms with E-state index >= 15 is 0 Å². The number of ether oxygens (including phenoxy) is 3. The molecule has 0 atom stereocenters. The minimum absolute atomic E-state index is 0.0705. The summed E-state index contributed by atoms with van der Waals surface area (Å²) >= 11 is 0. The van der Waals surface area contributed by atoms with Crippen LogP contribution < -0.4 is 0 Å². The van der Waals surface area contributed by atoms with E-state index in [1.165, 1.54) is 0 Å². The van der Waals surface area contributed by atoms with Crippen molar-refractivity contribution in [3.8, 4) is 0 Å². The highest BCUT2D eigenvalue weighted by Gasteiger charge is 2.05. The van der Waals surface area contributed by atoms with Crippen molar-refractivity contribution >= 4 is 11.9 Å². The molecule has 0 fully saturated rings. The minimum Gasteiger partial charge on any atom is -0.462 e. The van der Waals surface area contributed by atoms with Crippen LogP contribution in [0.4, 0.5) is 0 Å². The number of hydrogen-bond donors (Lipinski definition) is 0. The molecule has 0 aliphatic heterocycles. The topological polar surface area (TPSA) is 61.8 Å². The van der Waals surface area contributed by atoms with E-state index in [0.717, 1.165) is 19.3 Å². The lowest BCUT2D eigenvalue weighted by Crippen LogP contribution is -2.14. The fraction of sp³-hybridized carbons (Fsp3) is 0.692. The number of hydrogen-bond acceptors (Lipinski definition) is 5. The van der Waals surface area contributed by atoms with Gasteiger partial charge >= 0.3 is 11.9 Å². The summed E-state index contributed by atoms with van der Waals surface area (Å²) in [4.78, 5) is 22.2. The monoisotopic (exact) mass is 258 g/mol. The van der Waals surface area contributed by atoms with E-state index in [9.17, 15) is 9.59 Å². The molecule has 104 valence electrons. The maximum Gasteiger partial charge on any atom is 0.333 e. The van der Waals surface area contributed by atoms with Crippen LogP contribution in [-0.4, -0.2) is 38.9 Å². The SMILES string of the molecule is C=C(C)C(=O)OCCOC(=O)CCCCCOC. The third-order valence-electron chi connectivity index (χ3n) is 2.16. The first-order chi connectivity index (χ1) is 8.57. The fourth-order valence-corrected chi connectivity index (χ4v) is 1.18. The van der Waals surface area contributed by atoms with Gasteiger partial charge in [0, 0.05) is 25.7 Å². The normalized spacial score (nSPS) is 9.89. The molecule has 0 saturated carbocycles. The molecule has 0 saturated heterocycles. The molecule has 0 bridgehead atoms. The van der Waals surface area contributed by atoms with Crippen molar-refractivity contribution in [2.75, 3.05) is 26.9 Å². The first kappa shape index (κ1) is 16.6. The first-order valence-electron chi connectivity index (χ1n) is 6.05. The third-order valence-corrected chi connectivity index (χ3v) is 2.16. The van der Waals surface area contributed by atoms with Crippen LogP contribution in [-0.2, 0) is 23.8 Å². The predicted octanol–water partition coefficient (Wildman–Crippen LogP) is 1.86. The summed E-state index contributed by atoms with van der Waals surface area (Å²) in [6, 6.07) is 0. The Labute approximate surface area is 108 Å². The van der Waals surface area contributed by atoms with Crippen LogP contribution in [0.5, 0.6) is 0 Å². The Balaban J connectivity index is 3.37. The Kier molecular flexibility index (Phi) is 9.96. The van der Waals surface area contributed by atoms with Gasteiger partial charge in [-0.3, -0.25) is 4.79 Å². The van der Waals surface area contributed by atoms with E-state index in [1.807, 2.05) is 0 Å². The standard InChI is InChI=1S/C13H22O5/c1-11(2)13(15)18-10-9-17-12(14)7-5-4-6-8-16-3/h1,4-10H2,2-3H3. The quantitative estimate of drug-likeness (QED) is 0.340. The van der Waals surface area contributed by atoms with Crippen LogP contribution in [0.2, 0.25) is 0 Å². The molecule has 5 nitrogen and oxygen atoms in total. The van der Waals surface area contributed by atoms with Gasteiger partial charge in [-0.15, -0.1) is 0 Å². The van der Waals surface area contributed by atoms with Crippen molar-refractivity contribution in [2.24, 2.45) is 0 Å². The molecule has 0 aromatic carbocycles. The highest BCUT2D eigenvalue weighted by atomic mass is 16.6. The molecule has 0 aromatic heterocycles. The van der Waals surface area contributed by atoms with Gasteiger partial charge in [0.2, 0.25) is 0 Å². The number of carbonyl (C=O) groups is 2. The summed E-state index contributed by atoms with van der Waals surface area (Å²) in [5.74, 6) is -0.732. The summed E-state index contributed by atoms with van der Waals surface area (Å²) in [6.45, 7) is 5.88. The Hall–Kier alpha value is -1.36. The average molecular weight is 258 g/mol. The smallest absolute Gasteiger partial charge is 0.333 e. The zero-order valence-electron chi connectivity index (χ0n) is 11.2. The zero-order valence-corrected chi connectivity index (χ0v) is 11.2. The van der Waals surface area contributed by atoms with Gasteiger partial charge in [0.15, 0.2) is 0 Å². The maximum absolute atomic E-state index is 11.2. The molecule has 0 spiro atoms. The predicted molar refractivity (Wildman–Crippen MR) is 67.1 cm³/mol. The lowest BCUT2D eigenvalue weighted by Gasteiger charge is -2.06. The van der Waals surface area contributed by atoms with Crippen LogP contribution in [0, 0.1) is 0 Å². The Bertz CT molecular complexity index is 273. The molecule has 0 unspecified atom stereocenters. The second-order valence-electron chi connectivity index (χ2n) is 3.94. The van der Waals surface area contributed by atoms with E-state index in [-0.39, 0.29) is 19.2 Å². The van der Waals surface area contributed by atoms with Crippen molar-refractivity contribution in [3.05, 3.63) is 12.2 Å². The third kappa shape index (κ3) is 9.84. The zero-order chi connectivity index (χ0) is 13.8. The number of rotatable bonds is 10. The Morgan fingerprint density at radius 3 is 2.28 bits per heavy atom. The largest absolute Gasteiger partial charge is 0.462 e. The molecular formula is C13H22O5. The van der Waals surface area contributed by atoms with Gasteiger partial charge in [0.1, 0.15) is 13.2 Å². The number of methoxy groups -OCH3 is 1. The summed E-state index contributed by atoms with van der Waals surface area (Å²) in [6.07, 6.45) is 3.06. The summed E-state index contributed by atoms with van der Waals surface area (Å²) < 4.78 is 14.6. The lowest BCUT2D eigenvalue weighted by molar-refractivity contribution is -0.150. The van der Waals surface area contributed by atoms with Crippen molar-refractivity contribution < 1.29 is 23.8 Å². The van der Waals surface area contributed by atoms with Crippen molar-refractivity contribution in [1.82, 2.24) is 0 Å². The van der Waals surface area contributed by atoms with Gasteiger partial charge in [0.25, 0.3) is 0 Å². The molecule has 0 aliphatic rings. The summed E-state index contributed by atoms with van der Waals surface area (Å²) in [5.41, 5.74) is 0.333. The molecule has 0 heterocycles. The molecule has 0 aliphatic carbocycles. The highest BCUT2D eigenvalue weighted by molar-refractivity contribution is 5.86. The van der Waals surface area contributed by atoms with E-state index in [2.05, 4.69) is 6.58 Å². The summed E-state index contributed by atoms with van der Waals surface area (Å²) in [5, 5.41) is 0. The molecule has 0 aromatic rings. The van der Waals surface area contributed by atoms with Crippen LogP contribution in [0.3, 0.4) is 0 Å². The van der Waals surface area contributed by atoms with Gasteiger partial charge in [-0.25, -0.2) is 4.79 Å². The fourth-order valence-electron chi connectivity index (χ4n) is 1.18. The van der Waals surface area contributed by atoms with Crippen molar-refractivity contribution in [1.29, 1.82) is 0 Å². The van der Waals surface area contributed by atoms with Crippen LogP contribution in [0.1, 0.15) is 32.6 Å². The molecule has 0 radical (unpaired) electrons. The van der Waals surface area contributed by atoms with E-state index in [1.54, 1.807) is 14.0 Å². The van der Waals surface area contributed by atoms with Crippen molar-refractivity contribution in [3.63, 3.8) is 0 Å². The van der Waals surface area contributed by atoms with E-state index in [4.69, 9.17) is 14.2 Å². The van der Waals surface area contributed by atoms with Gasteiger partial charge in [-0.2, -0.15) is 0 Å². The maximum atomic E-state index is 11.2. The molecule has 5 heteroatoms. The average Bonchev–Trinajstić information content (AvgIpc) is 2.34. The Morgan fingerprint density at radius 1 is 1.00 bits per heavy atom. The second-order valence-corrected chi connectivity index (χ2v) is 3.94. The van der Waals surface area contributed by atoms with Gasteiger partial charge in [0.05, 0.1) is 0 Å². The van der Waals surface area contributed by atoms with Gasteiger partial charge in [-0.1, -0.05) is 13.0 Å². The highest BCUT2D eigenvalue weighted by Crippen LogP contribution is 2.01. The molecular weight excluding hydrogens is 236 g/mol. The first-order valence-corrected chi connectivity index (χ1v) is 6.05. The van der Waals surface area contributed by atoms with Crippen LogP contribution in [0.15, 0.2) is 12.2 Å². The second kappa shape index (κ2) is 10.8.